The molecule has 0 aromatic heterocycles. The highest BCUT2D eigenvalue weighted by Crippen LogP contribution is 2.26. The first kappa shape index (κ1) is 13.3. The van der Waals surface area contributed by atoms with Gasteiger partial charge in [-0.05, 0) is 45.1 Å². The lowest BCUT2D eigenvalue weighted by Crippen LogP contribution is -2.42. The molecule has 0 atom stereocenters. The van der Waals surface area contributed by atoms with Gasteiger partial charge >= 0.3 is 0 Å². The molecule has 2 aliphatic carbocycles. The second kappa shape index (κ2) is 5.67. The molecule has 0 heterocycles. The molecule has 0 amide bonds. The maximum Gasteiger partial charge on any atom is 0.214 e. The van der Waals surface area contributed by atoms with Crippen LogP contribution < -0.4 is 5.32 Å². The van der Waals surface area contributed by atoms with Crippen molar-refractivity contribution in [2.24, 2.45) is 0 Å². The second-order valence-electron chi connectivity index (χ2n) is 5.35. The van der Waals surface area contributed by atoms with E-state index in [0.29, 0.717) is 5.75 Å². The maximum atomic E-state index is 12.0. The van der Waals surface area contributed by atoms with Crippen LogP contribution in [0.15, 0.2) is 0 Å². The zero-order valence-corrected chi connectivity index (χ0v) is 11.5. The van der Waals surface area contributed by atoms with E-state index in [1.54, 1.807) is 11.4 Å². The molecule has 0 radical (unpaired) electrons. The second-order valence-corrected chi connectivity index (χ2v) is 7.50. The van der Waals surface area contributed by atoms with Gasteiger partial charge in [0.15, 0.2) is 0 Å². The molecule has 0 spiro atoms. The Labute approximate surface area is 105 Å². The first-order valence-corrected chi connectivity index (χ1v) is 8.39. The molecule has 0 saturated heterocycles. The van der Waals surface area contributed by atoms with Gasteiger partial charge in [-0.2, -0.15) is 0 Å². The molecule has 0 aromatic carbocycles. The van der Waals surface area contributed by atoms with Gasteiger partial charge in [-0.1, -0.05) is 6.42 Å². The summed E-state index contributed by atoms with van der Waals surface area (Å²) in [7, 11) is -1.26. The van der Waals surface area contributed by atoms with Crippen LogP contribution in [0.2, 0.25) is 0 Å². The fraction of sp³-hybridized carbons (Fsp3) is 1.00. The molecular formula is C12H24N2O2S. The fourth-order valence-corrected chi connectivity index (χ4v) is 3.65. The van der Waals surface area contributed by atoms with Gasteiger partial charge in [0.05, 0.1) is 5.75 Å². The first-order valence-electron chi connectivity index (χ1n) is 6.79. The van der Waals surface area contributed by atoms with Crippen LogP contribution >= 0.6 is 0 Å². The van der Waals surface area contributed by atoms with Crippen molar-refractivity contribution < 1.29 is 8.42 Å². The largest absolute Gasteiger partial charge is 0.314 e. The molecule has 5 heteroatoms. The number of nitrogens with one attached hydrogen (secondary N) is 1. The van der Waals surface area contributed by atoms with E-state index in [1.807, 2.05) is 0 Å². The molecule has 2 saturated carbocycles. The minimum atomic E-state index is -3.00. The van der Waals surface area contributed by atoms with Crippen molar-refractivity contribution >= 4 is 10.0 Å². The molecule has 100 valence electrons. The van der Waals surface area contributed by atoms with E-state index < -0.39 is 10.0 Å². The summed E-state index contributed by atoms with van der Waals surface area (Å²) in [6, 6.07) is 1.01. The predicted molar refractivity (Wildman–Crippen MR) is 69.4 cm³/mol. The third-order valence-electron chi connectivity index (χ3n) is 3.87. The lowest BCUT2D eigenvalue weighted by atomic mass is 9.94. The molecule has 0 unspecified atom stereocenters. The van der Waals surface area contributed by atoms with E-state index in [-0.39, 0.29) is 6.04 Å². The van der Waals surface area contributed by atoms with Crippen molar-refractivity contribution in [3.8, 4) is 0 Å². The van der Waals surface area contributed by atoms with Crippen molar-refractivity contribution in [1.29, 1.82) is 0 Å². The molecular weight excluding hydrogens is 236 g/mol. The van der Waals surface area contributed by atoms with Gasteiger partial charge in [-0.3, -0.25) is 0 Å². The third kappa shape index (κ3) is 3.93. The van der Waals surface area contributed by atoms with Gasteiger partial charge in [-0.15, -0.1) is 0 Å². The van der Waals surface area contributed by atoms with Gasteiger partial charge in [0.25, 0.3) is 0 Å². The summed E-state index contributed by atoms with van der Waals surface area (Å²) >= 11 is 0. The van der Waals surface area contributed by atoms with Crippen molar-refractivity contribution in [3.63, 3.8) is 0 Å². The number of hydrogen-bond acceptors (Lipinski definition) is 3. The number of sulfonamides is 1. The minimum Gasteiger partial charge on any atom is -0.314 e. The monoisotopic (exact) mass is 260 g/mol. The summed E-state index contributed by atoms with van der Waals surface area (Å²) in [6.45, 7) is 0.966. The van der Waals surface area contributed by atoms with Gasteiger partial charge in [-0.25, -0.2) is 12.7 Å². The topological polar surface area (TPSA) is 49.4 Å². The maximum absolute atomic E-state index is 12.0. The lowest BCUT2D eigenvalue weighted by molar-refractivity contribution is 0.249. The standard InChI is InChI=1S/C12H24N2O2S/c1-14(12-5-4-6-12)17(15,16)10-3-2-9-13-11-7-8-11/h11-13H,2-10H2,1H3. The van der Waals surface area contributed by atoms with Crippen LogP contribution in [0.1, 0.15) is 44.9 Å². The Morgan fingerprint density at radius 1 is 1.18 bits per heavy atom. The van der Waals surface area contributed by atoms with E-state index >= 15 is 0 Å². The fourth-order valence-electron chi connectivity index (χ4n) is 2.12. The van der Waals surface area contributed by atoms with Crippen molar-refractivity contribution in [2.45, 2.75) is 57.0 Å². The number of unbranched alkanes of at least 4 members (excludes halogenated alkanes) is 1. The zero-order chi connectivity index (χ0) is 12.3. The molecule has 17 heavy (non-hydrogen) atoms. The average Bonchev–Trinajstić information content (AvgIpc) is 2.98. The van der Waals surface area contributed by atoms with E-state index in [1.165, 1.54) is 19.3 Å². The quantitative estimate of drug-likeness (QED) is 0.670. The molecule has 4 nitrogen and oxygen atoms in total. The van der Waals surface area contributed by atoms with E-state index in [4.69, 9.17) is 0 Å². The van der Waals surface area contributed by atoms with Gasteiger partial charge in [0.2, 0.25) is 10.0 Å². The summed E-state index contributed by atoms with van der Waals surface area (Å²) in [6.07, 6.45) is 7.59. The van der Waals surface area contributed by atoms with Crippen molar-refractivity contribution in [1.82, 2.24) is 9.62 Å². The SMILES string of the molecule is CN(C1CCC1)S(=O)(=O)CCCCNC1CC1. The molecule has 2 rings (SSSR count). The Kier molecular flexibility index (Phi) is 4.44. The van der Waals surface area contributed by atoms with Crippen LogP contribution in [-0.2, 0) is 10.0 Å². The summed E-state index contributed by atoms with van der Waals surface area (Å²) in [5, 5.41) is 3.41. The van der Waals surface area contributed by atoms with Gasteiger partial charge in [0, 0.05) is 19.1 Å². The highest BCUT2D eigenvalue weighted by atomic mass is 32.2. The van der Waals surface area contributed by atoms with Crippen LogP contribution in [0.5, 0.6) is 0 Å². The first-order chi connectivity index (χ1) is 8.09. The summed E-state index contributed by atoms with van der Waals surface area (Å²) < 4.78 is 25.6. The smallest absolute Gasteiger partial charge is 0.214 e. The third-order valence-corrected chi connectivity index (χ3v) is 5.85. The van der Waals surface area contributed by atoms with E-state index in [0.717, 1.165) is 38.3 Å². The van der Waals surface area contributed by atoms with E-state index in [2.05, 4.69) is 5.32 Å². The van der Waals surface area contributed by atoms with Gasteiger partial charge in [0.1, 0.15) is 0 Å². The Morgan fingerprint density at radius 3 is 2.41 bits per heavy atom. The molecule has 0 aromatic rings. The lowest BCUT2D eigenvalue weighted by Gasteiger charge is -2.33. The van der Waals surface area contributed by atoms with Crippen LogP contribution in [0.25, 0.3) is 0 Å². The minimum absolute atomic E-state index is 0.282. The van der Waals surface area contributed by atoms with Crippen LogP contribution in [0.4, 0.5) is 0 Å². The molecule has 0 aliphatic heterocycles. The normalized spacial score (nSPS) is 21.8. The van der Waals surface area contributed by atoms with Crippen LogP contribution in [0, 0.1) is 0 Å². The summed E-state index contributed by atoms with van der Waals surface area (Å²) in [5.41, 5.74) is 0. The summed E-state index contributed by atoms with van der Waals surface area (Å²) in [4.78, 5) is 0. The molecule has 1 N–H and O–H groups in total. The van der Waals surface area contributed by atoms with E-state index in [9.17, 15) is 8.42 Å². The number of rotatable bonds is 8. The molecule has 0 bridgehead atoms. The Morgan fingerprint density at radius 2 is 1.88 bits per heavy atom. The number of nitrogens with zero attached hydrogens (tertiary/aromatic N) is 1. The van der Waals surface area contributed by atoms with Crippen LogP contribution in [0.3, 0.4) is 0 Å². The Bertz CT molecular complexity index is 334. The summed E-state index contributed by atoms with van der Waals surface area (Å²) in [5.74, 6) is 0.312. The van der Waals surface area contributed by atoms with Crippen LogP contribution in [-0.4, -0.2) is 44.2 Å². The van der Waals surface area contributed by atoms with Crippen molar-refractivity contribution in [2.75, 3.05) is 19.3 Å². The Balaban J connectivity index is 1.61. The highest BCUT2D eigenvalue weighted by Gasteiger charge is 2.30. The number of hydrogen-bond donors (Lipinski definition) is 1. The Hall–Kier alpha value is -0.130. The molecule has 2 aliphatic rings. The predicted octanol–water partition coefficient (Wildman–Crippen LogP) is 1.33. The van der Waals surface area contributed by atoms with Crippen molar-refractivity contribution in [3.05, 3.63) is 0 Å². The zero-order valence-electron chi connectivity index (χ0n) is 10.7. The highest BCUT2D eigenvalue weighted by molar-refractivity contribution is 7.89. The van der Waals surface area contributed by atoms with Gasteiger partial charge < -0.3 is 5.32 Å². The molecule has 2 fully saturated rings. The average molecular weight is 260 g/mol.